The van der Waals surface area contributed by atoms with Crippen molar-refractivity contribution in [3.8, 4) is 5.75 Å². The molecule has 0 bridgehead atoms. The van der Waals surface area contributed by atoms with Crippen molar-refractivity contribution in [2.75, 3.05) is 20.3 Å². The van der Waals surface area contributed by atoms with Gasteiger partial charge in [0.05, 0.1) is 17.7 Å². The molecule has 0 saturated heterocycles. The van der Waals surface area contributed by atoms with Gasteiger partial charge in [0.1, 0.15) is 5.75 Å². The van der Waals surface area contributed by atoms with Gasteiger partial charge in [-0.25, -0.2) is 0 Å². The molecule has 1 amide bonds. The van der Waals surface area contributed by atoms with Gasteiger partial charge in [-0.2, -0.15) is 0 Å². The number of hydrogen-bond donors (Lipinski definition) is 2. The fraction of sp³-hybridized carbons (Fsp3) is 0.462. The second kappa shape index (κ2) is 8.14. The summed E-state index contributed by atoms with van der Waals surface area (Å²) in [5.41, 5.74) is 0.632. The largest absolute Gasteiger partial charge is 0.482 e. The van der Waals surface area contributed by atoms with Crippen LogP contribution in [0, 0.1) is 0 Å². The molecule has 5 nitrogen and oxygen atoms in total. The first-order valence-electron chi connectivity index (χ1n) is 5.87. The van der Waals surface area contributed by atoms with Crippen LogP contribution in [-0.4, -0.2) is 37.4 Å². The van der Waals surface area contributed by atoms with E-state index in [0.717, 1.165) is 0 Å². The molecule has 0 aliphatic carbocycles. The summed E-state index contributed by atoms with van der Waals surface area (Å²) in [6, 6.07) is 5.26. The molecule has 0 aliphatic heterocycles. The molecule has 106 valence electrons. The molecule has 1 aromatic carbocycles. The number of aliphatic hydroxyl groups is 1. The standard InChI is InChI=1S/C13H18BrNO4/c1-9(7-18-2)15-12(17)8-19-13-10(6-16)4-3-5-11(13)14/h3-5,9,16H,6-8H2,1-2H3,(H,15,17). The molecule has 0 fully saturated rings. The van der Waals surface area contributed by atoms with Crippen LogP contribution in [0.1, 0.15) is 12.5 Å². The quantitative estimate of drug-likeness (QED) is 0.794. The van der Waals surface area contributed by atoms with Gasteiger partial charge in [0.2, 0.25) is 0 Å². The molecule has 1 aromatic rings. The van der Waals surface area contributed by atoms with Crippen molar-refractivity contribution in [3.63, 3.8) is 0 Å². The summed E-state index contributed by atoms with van der Waals surface area (Å²) in [4.78, 5) is 11.6. The molecule has 0 aliphatic rings. The number of ether oxygens (including phenoxy) is 2. The molecule has 1 atom stereocenters. The topological polar surface area (TPSA) is 67.8 Å². The molecule has 0 heterocycles. The Bertz CT molecular complexity index is 425. The molecule has 0 aromatic heterocycles. The van der Waals surface area contributed by atoms with Gasteiger partial charge in [0, 0.05) is 18.7 Å². The Balaban J connectivity index is 2.55. The number of rotatable bonds is 7. The van der Waals surface area contributed by atoms with Gasteiger partial charge in [-0.1, -0.05) is 12.1 Å². The zero-order chi connectivity index (χ0) is 14.3. The molecular formula is C13H18BrNO4. The van der Waals surface area contributed by atoms with E-state index in [1.54, 1.807) is 25.3 Å². The first-order chi connectivity index (χ1) is 9.08. The maximum atomic E-state index is 11.6. The molecule has 1 rings (SSSR count). The lowest BCUT2D eigenvalue weighted by Crippen LogP contribution is -2.38. The lowest BCUT2D eigenvalue weighted by molar-refractivity contribution is -0.124. The van der Waals surface area contributed by atoms with Gasteiger partial charge in [-0.3, -0.25) is 4.79 Å². The molecule has 0 spiro atoms. The van der Waals surface area contributed by atoms with Crippen LogP contribution in [0.15, 0.2) is 22.7 Å². The van der Waals surface area contributed by atoms with Crippen LogP contribution in [0.3, 0.4) is 0 Å². The van der Waals surface area contributed by atoms with Gasteiger partial charge in [-0.15, -0.1) is 0 Å². The van der Waals surface area contributed by atoms with Crippen molar-refractivity contribution >= 4 is 21.8 Å². The zero-order valence-corrected chi connectivity index (χ0v) is 12.6. The van der Waals surface area contributed by atoms with E-state index < -0.39 is 0 Å². The summed E-state index contributed by atoms with van der Waals surface area (Å²) >= 11 is 3.33. The predicted molar refractivity (Wildman–Crippen MR) is 75.0 cm³/mol. The van der Waals surface area contributed by atoms with Crippen molar-refractivity contribution in [1.82, 2.24) is 5.32 Å². The minimum Gasteiger partial charge on any atom is -0.482 e. The van der Waals surface area contributed by atoms with Gasteiger partial charge in [0.15, 0.2) is 6.61 Å². The van der Waals surface area contributed by atoms with E-state index in [1.807, 2.05) is 6.92 Å². The van der Waals surface area contributed by atoms with Crippen LogP contribution in [0.25, 0.3) is 0 Å². The third-order valence-corrected chi connectivity index (χ3v) is 3.01. The molecule has 0 radical (unpaired) electrons. The number of aliphatic hydroxyl groups excluding tert-OH is 1. The number of halogens is 1. The molecule has 0 saturated carbocycles. The second-order valence-electron chi connectivity index (χ2n) is 4.10. The number of benzene rings is 1. The van der Waals surface area contributed by atoms with E-state index in [2.05, 4.69) is 21.2 Å². The van der Waals surface area contributed by atoms with Gasteiger partial charge < -0.3 is 19.9 Å². The smallest absolute Gasteiger partial charge is 0.258 e. The van der Waals surface area contributed by atoms with Crippen LogP contribution in [0.5, 0.6) is 5.75 Å². The van der Waals surface area contributed by atoms with Crippen LogP contribution in [0.4, 0.5) is 0 Å². The summed E-state index contributed by atoms with van der Waals surface area (Å²) in [6.45, 7) is 2.04. The maximum Gasteiger partial charge on any atom is 0.258 e. The number of carbonyl (C=O) groups is 1. The number of para-hydroxylation sites is 1. The highest BCUT2D eigenvalue weighted by Gasteiger charge is 2.11. The molecule has 6 heteroatoms. The van der Waals surface area contributed by atoms with Crippen LogP contribution in [-0.2, 0) is 16.1 Å². The Kier molecular flexibility index (Phi) is 6.83. The highest BCUT2D eigenvalue weighted by molar-refractivity contribution is 9.10. The molecular weight excluding hydrogens is 314 g/mol. The molecule has 1 unspecified atom stereocenters. The van der Waals surface area contributed by atoms with Crippen molar-refractivity contribution in [2.24, 2.45) is 0 Å². The lowest BCUT2D eigenvalue weighted by Gasteiger charge is -2.15. The summed E-state index contributed by atoms with van der Waals surface area (Å²) in [7, 11) is 1.58. The van der Waals surface area contributed by atoms with Crippen molar-refractivity contribution in [1.29, 1.82) is 0 Å². The fourth-order valence-electron chi connectivity index (χ4n) is 1.59. The highest BCUT2D eigenvalue weighted by Crippen LogP contribution is 2.28. The third-order valence-electron chi connectivity index (χ3n) is 2.39. The zero-order valence-electron chi connectivity index (χ0n) is 11.0. The Morgan fingerprint density at radius 1 is 1.53 bits per heavy atom. The van der Waals surface area contributed by atoms with E-state index in [-0.39, 0.29) is 25.2 Å². The highest BCUT2D eigenvalue weighted by atomic mass is 79.9. The first-order valence-corrected chi connectivity index (χ1v) is 6.67. The number of carbonyl (C=O) groups excluding carboxylic acids is 1. The Morgan fingerprint density at radius 3 is 2.89 bits per heavy atom. The number of nitrogens with one attached hydrogen (secondary N) is 1. The van der Waals surface area contributed by atoms with Gasteiger partial charge in [-0.05, 0) is 28.9 Å². The summed E-state index contributed by atoms with van der Waals surface area (Å²) < 4.78 is 11.1. The summed E-state index contributed by atoms with van der Waals surface area (Å²) in [6.07, 6.45) is 0. The summed E-state index contributed by atoms with van der Waals surface area (Å²) in [5, 5.41) is 11.9. The van der Waals surface area contributed by atoms with Crippen LogP contribution in [0.2, 0.25) is 0 Å². The average Bonchev–Trinajstić information content (AvgIpc) is 2.37. The maximum absolute atomic E-state index is 11.6. The van der Waals surface area contributed by atoms with E-state index in [4.69, 9.17) is 9.47 Å². The van der Waals surface area contributed by atoms with E-state index in [0.29, 0.717) is 22.4 Å². The Morgan fingerprint density at radius 2 is 2.26 bits per heavy atom. The minimum absolute atomic E-state index is 0.0716. The van der Waals surface area contributed by atoms with Crippen LogP contribution < -0.4 is 10.1 Å². The predicted octanol–water partition coefficient (Wildman–Crippen LogP) is 1.47. The third kappa shape index (κ3) is 5.18. The molecule has 2 N–H and O–H groups in total. The average molecular weight is 332 g/mol. The van der Waals surface area contributed by atoms with E-state index in [9.17, 15) is 9.90 Å². The normalized spacial score (nSPS) is 12.0. The molecule has 19 heavy (non-hydrogen) atoms. The minimum atomic E-state index is -0.232. The summed E-state index contributed by atoms with van der Waals surface area (Å²) in [5.74, 6) is 0.253. The van der Waals surface area contributed by atoms with Crippen LogP contribution >= 0.6 is 15.9 Å². The van der Waals surface area contributed by atoms with E-state index >= 15 is 0 Å². The van der Waals surface area contributed by atoms with Crippen molar-refractivity contribution < 1.29 is 19.4 Å². The number of amides is 1. The lowest BCUT2D eigenvalue weighted by atomic mass is 10.2. The SMILES string of the molecule is COCC(C)NC(=O)COc1c(Br)cccc1CO. The monoisotopic (exact) mass is 331 g/mol. The fourth-order valence-corrected chi connectivity index (χ4v) is 2.11. The second-order valence-corrected chi connectivity index (χ2v) is 4.95. The van der Waals surface area contributed by atoms with Crippen molar-refractivity contribution in [2.45, 2.75) is 19.6 Å². The van der Waals surface area contributed by atoms with Crippen molar-refractivity contribution in [3.05, 3.63) is 28.2 Å². The van der Waals surface area contributed by atoms with E-state index in [1.165, 1.54) is 0 Å². The van der Waals surface area contributed by atoms with Gasteiger partial charge >= 0.3 is 0 Å². The number of methoxy groups -OCH3 is 1. The Labute approximate surface area is 121 Å². The Hall–Kier alpha value is -1.11. The van der Waals surface area contributed by atoms with Gasteiger partial charge in [0.25, 0.3) is 5.91 Å². The first kappa shape index (κ1) is 15.9. The number of hydrogen-bond acceptors (Lipinski definition) is 4.